The van der Waals surface area contributed by atoms with E-state index < -0.39 is 41.0 Å². The standard InChI is InChI=1S/C29H30N2O10/c1-37-24-14-29-8-2-9-30(29)10-7-18-11-22-23(40-16-39-22)12-20(18)26(29)27(24)41-28(34)21(32)13-25(33)38-15-17-3-5-19(6-4-17)31(35)36/h3-6,11-12,14,21,26-27,32H,2,7-10,13,15-16H2,1H3/t21-,26-,27?,29?/m1/s1. The van der Waals surface area contributed by atoms with Gasteiger partial charge >= 0.3 is 11.9 Å². The van der Waals surface area contributed by atoms with E-state index in [2.05, 4.69) is 4.90 Å². The van der Waals surface area contributed by atoms with Crippen LogP contribution in [-0.2, 0) is 36.8 Å². The summed E-state index contributed by atoms with van der Waals surface area (Å²) in [5.41, 5.74) is 2.08. The first kappa shape index (κ1) is 27.0. The number of methoxy groups -OCH3 is 1. The molecule has 12 nitrogen and oxygen atoms in total. The Kier molecular flexibility index (Phi) is 7.04. The second-order valence-electron chi connectivity index (χ2n) is 10.6. The van der Waals surface area contributed by atoms with Gasteiger partial charge in [0.05, 0.1) is 29.9 Å². The van der Waals surface area contributed by atoms with E-state index in [9.17, 15) is 24.8 Å². The number of hydrogen-bond acceptors (Lipinski definition) is 11. The molecular formula is C29H30N2O10. The molecule has 4 aliphatic rings. The van der Waals surface area contributed by atoms with Gasteiger partial charge in [-0.25, -0.2) is 4.79 Å². The van der Waals surface area contributed by atoms with Crippen molar-refractivity contribution in [1.82, 2.24) is 4.90 Å². The van der Waals surface area contributed by atoms with Crippen LogP contribution in [0.2, 0.25) is 0 Å². The van der Waals surface area contributed by atoms with Crippen LogP contribution in [-0.4, -0.2) is 71.6 Å². The van der Waals surface area contributed by atoms with Gasteiger partial charge in [-0.05, 0) is 72.8 Å². The second kappa shape index (κ2) is 10.7. The quantitative estimate of drug-likeness (QED) is 0.286. The molecule has 6 rings (SSSR count). The van der Waals surface area contributed by atoms with Crippen LogP contribution in [0.1, 0.15) is 41.9 Å². The minimum Gasteiger partial charge on any atom is -0.497 e. The summed E-state index contributed by atoms with van der Waals surface area (Å²) >= 11 is 0. The van der Waals surface area contributed by atoms with Gasteiger partial charge in [0.25, 0.3) is 5.69 Å². The average molecular weight is 567 g/mol. The molecule has 0 radical (unpaired) electrons. The molecule has 1 saturated heterocycles. The molecule has 0 amide bonds. The monoisotopic (exact) mass is 566 g/mol. The van der Waals surface area contributed by atoms with E-state index in [1.165, 1.54) is 31.4 Å². The van der Waals surface area contributed by atoms with Crippen molar-refractivity contribution in [2.75, 3.05) is 27.0 Å². The molecule has 2 unspecified atom stereocenters. The minimum atomic E-state index is -1.75. The zero-order valence-corrected chi connectivity index (χ0v) is 22.4. The molecule has 2 aromatic carbocycles. The first-order valence-corrected chi connectivity index (χ1v) is 13.5. The molecule has 1 fully saturated rings. The molecule has 1 N–H and O–H groups in total. The molecule has 3 aliphatic heterocycles. The van der Waals surface area contributed by atoms with Gasteiger partial charge in [0.1, 0.15) is 12.4 Å². The predicted octanol–water partition coefficient (Wildman–Crippen LogP) is 2.75. The molecule has 3 heterocycles. The van der Waals surface area contributed by atoms with Crippen LogP contribution in [0.3, 0.4) is 0 Å². The highest BCUT2D eigenvalue weighted by atomic mass is 16.7. The number of nitro groups is 1. The van der Waals surface area contributed by atoms with E-state index in [1.54, 1.807) is 0 Å². The Bertz CT molecular complexity index is 1410. The molecular weight excluding hydrogens is 536 g/mol. The Hall–Kier alpha value is -4.16. The molecule has 41 heavy (non-hydrogen) atoms. The van der Waals surface area contributed by atoms with Crippen LogP contribution in [0.5, 0.6) is 11.5 Å². The summed E-state index contributed by atoms with van der Waals surface area (Å²) < 4.78 is 28.1. The predicted molar refractivity (Wildman–Crippen MR) is 141 cm³/mol. The summed E-state index contributed by atoms with van der Waals surface area (Å²) in [6.07, 6.45) is 1.49. The molecule has 216 valence electrons. The summed E-state index contributed by atoms with van der Waals surface area (Å²) in [5, 5.41) is 21.4. The Labute approximate surface area is 235 Å². The largest absolute Gasteiger partial charge is 0.497 e. The van der Waals surface area contributed by atoms with Crippen molar-refractivity contribution < 1.29 is 43.3 Å². The number of ether oxygens (including phenoxy) is 5. The maximum atomic E-state index is 13.1. The van der Waals surface area contributed by atoms with Gasteiger partial charge in [0, 0.05) is 18.7 Å². The SMILES string of the molecule is COC1=CC23CCCN2CCc2cc4c(cc2[C@@H]3C1OC(=O)[C@H](O)CC(=O)OCc1ccc([N+](=O)[O-])cc1)OCO4. The number of benzene rings is 2. The van der Waals surface area contributed by atoms with E-state index in [0.29, 0.717) is 22.8 Å². The van der Waals surface area contributed by atoms with E-state index in [-0.39, 0.29) is 25.0 Å². The van der Waals surface area contributed by atoms with Crippen molar-refractivity contribution in [1.29, 1.82) is 0 Å². The number of rotatable bonds is 8. The van der Waals surface area contributed by atoms with Crippen molar-refractivity contribution in [2.45, 2.75) is 56.0 Å². The van der Waals surface area contributed by atoms with Crippen LogP contribution in [0.15, 0.2) is 48.2 Å². The highest BCUT2D eigenvalue weighted by molar-refractivity contribution is 5.82. The molecule has 0 bridgehead atoms. The maximum absolute atomic E-state index is 13.1. The average Bonchev–Trinajstić information content (AvgIpc) is 3.65. The number of carbonyl (C=O) groups excluding carboxylic acids is 2. The van der Waals surface area contributed by atoms with Crippen molar-refractivity contribution in [3.8, 4) is 11.5 Å². The van der Waals surface area contributed by atoms with Crippen LogP contribution in [0.4, 0.5) is 5.69 Å². The topological polar surface area (TPSA) is 147 Å². The first-order chi connectivity index (χ1) is 19.8. The summed E-state index contributed by atoms with van der Waals surface area (Å²) in [6.45, 7) is 1.70. The molecule has 0 saturated carbocycles. The van der Waals surface area contributed by atoms with E-state index in [4.69, 9.17) is 23.7 Å². The lowest BCUT2D eigenvalue weighted by Crippen LogP contribution is -2.47. The Morgan fingerprint density at radius 2 is 1.95 bits per heavy atom. The van der Waals surface area contributed by atoms with Gasteiger partial charge in [-0.3, -0.25) is 19.8 Å². The fourth-order valence-electron chi connectivity index (χ4n) is 6.48. The van der Waals surface area contributed by atoms with Crippen molar-refractivity contribution >= 4 is 17.6 Å². The molecule has 1 aliphatic carbocycles. The maximum Gasteiger partial charge on any atom is 0.336 e. The number of fused-ring (bicyclic) bond motifs is 3. The minimum absolute atomic E-state index is 0.0846. The third kappa shape index (κ3) is 4.87. The highest BCUT2D eigenvalue weighted by Gasteiger charge is 2.58. The number of nitro benzene ring substituents is 1. The van der Waals surface area contributed by atoms with Crippen molar-refractivity contribution in [3.63, 3.8) is 0 Å². The van der Waals surface area contributed by atoms with Gasteiger partial charge in [-0.15, -0.1) is 0 Å². The Morgan fingerprint density at radius 3 is 2.68 bits per heavy atom. The van der Waals surface area contributed by atoms with Crippen molar-refractivity contribution in [3.05, 3.63) is 75.0 Å². The highest BCUT2D eigenvalue weighted by Crippen LogP contribution is 2.55. The lowest BCUT2D eigenvalue weighted by atomic mass is 9.77. The lowest BCUT2D eigenvalue weighted by molar-refractivity contribution is -0.384. The van der Waals surface area contributed by atoms with Crippen LogP contribution in [0.25, 0.3) is 0 Å². The fraction of sp³-hybridized carbons (Fsp3) is 0.448. The number of nitrogens with zero attached hydrogens (tertiary/aromatic N) is 2. The molecule has 12 heteroatoms. The first-order valence-electron chi connectivity index (χ1n) is 13.5. The normalized spacial score (nSPS) is 24.8. The van der Waals surface area contributed by atoms with Gasteiger partial charge in [0.15, 0.2) is 23.7 Å². The summed E-state index contributed by atoms with van der Waals surface area (Å²) in [5.74, 6) is -0.261. The zero-order chi connectivity index (χ0) is 28.7. The zero-order valence-electron chi connectivity index (χ0n) is 22.4. The number of esters is 2. The van der Waals surface area contributed by atoms with E-state index >= 15 is 0 Å². The number of non-ortho nitro benzene ring substituents is 1. The van der Waals surface area contributed by atoms with Crippen LogP contribution >= 0.6 is 0 Å². The summed E-state index contributed by atoms with van der Waals surface area (Å²) in [4.78, 5) is 38.2. The summed E-state index contributed by atoms with van der Waals surface area (Å²) in [7, 11) is 1.53. The number of hydrogen-bond donors (Lipinski definition) is 1. The molecule has 4 atom stereocenters. The molecule has 0 aromatic heterocycles. The summed E-state index contributed by atoms with van der Waals surface area (Å²) in [6, 6.07) is 9.49. The fourth-order valence-corrected chi connectivity index (χ4v) is 6.48. The third-order valence-corrected chi connectivity index (χ3v) is 8.39. The van der Waals surface area contributed by atoms with Gasteiger partial charge < -0.3 is 28.8 Å². The van der Waals surface area contributed by atoms with E-state index in [0.717, 1.165) is 43.5 Å². The van der Waals surface area contributed by atoms with Crippen molar-refractivity contribution in [2.24, 2.45) is 0 Å². The molecule has 1 spiro atoms. The Balaban J connectivity index is 1.18. The smallest absolute Gasteiger partial charge is 0.336 e. The Morgan fingerprint density at radius 1 is 1.20 bits per heavy atom. The second-order valence-corrected chi connectivity index (χ2v) is 10.6. The molecule has 2 aromatic rings. The number of carbonyl (C=O) groups is 2. The number of aliphatic hydroxyl groups excluding tert-OH is 1. The number of aliphatic hydroxyl groups is 1. The van der Waals surface area contributed by atoms with E-state index in [1.807, 2.05) is 18.2 Å². The van der Waals surface area contributed by atoms with Gasteiger partial charge in [-0.2, -0.15) is 0 Å². The van der Waals surface area contributed by atoms with Gasteiger partial charge in [0.2, 0.25) is 6.79 Å². The lowest BCUT2D eigenvalue weighted by Gasteiger charge is -2.39. The van der Waals surface area contributed by atoms with Crippen LogP contribution < -0.4 is 9.47 Å². The van der Waals surface area contributed by atoms with Gasteiger partial charge in [-0.1, -0.05) is 0 Å². The third-order valence-electron chi connectivity index (χ3n) is 8.39. The van der Waals surface area contributed by atoms with Crippen LogP contribution in [0, 0.1) is 10.1 Å².